The number of methoxy groups -OCH3 is 1. The Morgan fingerprint density at radius 3 is 2.72 bits per heavy atom. The molecule has 7 heteroatoms. The van der Waals surface area contributed by atoms with Gasteiger partial charge in [0.1, 0.15) is 24.8 Å². The Kier molecular flexibility index (Phi) is 5.65. The molecule has 1 aliphatic heterocycles. The number of aromatic nitrogens is 2. The normalized spacial score (nSPS) is 12.3. The predicted octanol–water partition coefficient (Wildman–Crippen LogP) is 3.96. The van der Waals surface area contributed by atoms with E-state index >= 15 is 0 Å². The van der Waals surface area contributed by atoms with Gasteiger partial charge in [-0.2, -0.15) is 4.98 Å². The van der Waals surface area contributed by atoms with Gasteiger partial charge in [-0.1, -0.05) is 12.1 Å². The second kappa shape index (κ2) is 8.68. The van der Waals surface area contributed by atoms with Gasteiger partial charge in [0, 0.05) is 30.1 Å². The van der Waals surface area contributed by atoms with Crippen molar-refractivity contribution >= 4 is 17.5 Å². The van der Waals surface area contributed by atoms with Crippen molar-refractivity contribution in [1.29, 1.82) is 0 Å². The fourth-order valence-corrected chi connectivity index (χ4v) is 3.13. The number of hydrogen-bond acceptors (Lipinski definition) is 7. The second-order valence-corrected chi connectivity index (χ2v) is 6.73. The molecule has 2 N–H and O–H groups in total. The number of nitrogens with one attached hydrogen (secondary N) is 2. The summed E-state index contributed by atoms with van der Waals surface area (Å²) in [7, 11) is 1.68. The van der Waals surface area contributed by atoms with Gasteiger partial charge in [0.05, 0.1) is 7.11 Å². The first-order valence-corrected chi connectivity index (χ1v) is 9.59. The van der Waals surface area contributed by atoms with Crippen LogP contribution >= 0.6 is 0 Å². The molecule has 0 aliphatic carbocycles. The molecule has 3 aromatic rings. The van der Waals surface area contributed by atoms with Gasteiger partial charge in [-0.3, -0.25) is 0 Å². The van der Waals surface area contributed by atoms with Gasteiger partial charge in [0.2, 0.25) is 5.95 Å². The SMILES string of the molecule is COc1cccc(CCNc2cc(C)nc(Nc3ccc4c(c3)OCCO4)n2)c1. The van der Waals surface area contributed by atoms with Crippen molar-refractivity contribution in [3.63, 3.8) is 0 Å². The van der Waals surface area contributed by atoms with Crippen LogP contribution in [0.1, 0.15) is 11.3 Å². The van der Waals surface area contributed by atoms with Crippen LogP contribution in [-0.2, 0) is 6.42 Å². The average molecular weight is 392 g/mol. The number of ether oxygens (including phenoxy) is 3. The molecule has 0 radical (unpaired) electrons. The van der Waals surface area contributed by atoms with E-state index in [2.05, 4.69) is 26.7 Å². The maximum Gasteiger partial charge on any atom is 0.229 e. The van der Waals surface area contributed by atoms with Gasteiger partial charge in [-0.05, 0) is 43.2 Å². The molecule has 0 saturated heterocycles. The monoisotopic (exact) mass is 392 g/mol. The van der Waals surface area contributed by atoms with Crippen LogP contribution in [0.5, 0.6) is 17.2 Å². The van der Waals surface area contributed by atoms with Gasteiger partial charge >= 0.3 is 0 Å². The lowest BCUT2D eigenvalue weighted by Crippen LogP contribution is -2.15. The fourth-order valence-electron chi connectivity index (χ4n) is 3.13. The molecule has 1 aliphatic rings. The van der Waals surface area contributed by atoms with Crippen LogP contribution in [-0.4, -0.2) is 36.8 Å². The predicted molar refractivity (Wildman–Crippen MR) is 113 cm³/mol. The summed E-state index contributed by atoms with van der Waals surface area (Å²) in [6.07, 6.45) is 0.866. The molecular weight excluding hydrogens is 368 g/mol. The third kappa shape index (κ3) is 4.87. The highest BCUT2D eigenvalue weighted by Crippen LogP contribution is 2.33. The minimum absolute atomic E-state index is 0.533. The van der Waals surface area contributed by atoms with Gasteiger partial charge < -0.3 is 24.8 Å². The van der Waals surface area contributed by atoms with Gasteiger partial charge in [-0.25, -0.2) is 4.98 Å². The molecule has 7 nitrogen and oxygen atoms in total. The number of anilines is 3. The molecule has 29 heavy (non-hydrogen) atoms. The molecule has 4 rings (SSSR count). The zero-order valence-corrected chi connectivity index (χ0v) is 16.6. The molecule has 1 aromatic heterocycles. The highest BCUT2D eigenvalue weighted by molar-refractivity contribution is 5.61. The Balaban J connectivity index is 1.40. The Morgan fingerprint density at radius 1 is 1.00 bits per heavy atom. The van der Waals surface area contributed by atoms with E-state index in [1.54, 1.807) is 7.11 Å². The fraction of sp³-hybridized carbons (Fsp3) is 0.273. The molecule has 0 atom stereocenters. The minimum atomic E-state index is 0.533. The zero-order chi connectivity index (χ0) is 20.1. The highest BCUT2D eigenvalue weighted by Gasteiger charge is 2.12. The molecule has 2 heterocycles. The summed E-state index contributed by atoms with van der Waals surface area (Å²) < 4.78 is 16.5. The van der Waals surface area contributed by atoms with Crippen LogP contribution in [0, 0.1) is 6.92 Å². The van der Waals surface area contributed by atoms with Gasteiger partial charge in [0.25, 0.3) is 0 Å². The summed E-state index contributed by atoms with van der Waals surface area (Å²) in [5.41, 5.74) is 2.93. The lowest BCUT2D eigenvalue weighted by Gasteiger charge is -2.19. The quantitative estimate of drug-likeness (QED) is 0.630. The van der Waals surface area contributed by atoms with Crippen LogP contribution in [0.25, 0.3) is 0 Å². The summed E-state index contributed by atoms with van der Waals surface area (Å²) in [5, 5.41) is 6.62. The van der Waals surface area contributed by atoms with E-state index in [-0.39, 0.29) is 0 Å². The van der Waals surface area contributed by atoms with Gasteiger partial charge in [-0.15, -0.1) is 0 Å². The van der Waals surface area contributed by atoms with Crippen LogP contribution < -0.4 is 24.8 Å². The summed E-state index contributed by atoms with van der Waals surface area (Å²) in [6.45, 7) is 3.83. The smallest absolute Gasteiger partial charge is 0.229 e. The zero-order valence-electron chi connectivity index (χ0n) is 16.6. The number of aryl methyl sites for hydroxylation is 1. The van der Waals surface area contributed by atoms with E-state index in [1.807, 2.05) is 49.4 Å². The molecule has 150 valence electrons. The molecule has 2 aromatic carbocycles. The second-order valence-electron chi connectivity index (χ2n) is 6.73. The summed E-state index contributed by atoms with van der Waals surface area (Å²) in [6, 6.07) is 15.7. The first-order valence-electron chi connectivity index (χ1n) is 9.59. The average Bonchev–Trinajstić information content (AvgIpc) is 2.73. The van der Waals surface area contributed by atoms with E-state index in [0.29, 0.717) is 19.2 Å². The molecule has 0 saturated carbocycles. The van der Waals surface area contributed by atoms with E-state index in [1.165, 1.54) is 5.56 Å². The van der Waals surface area contributed by atoms with Crippen molar-refractivity contribution in [3.8, 4) is 17.2 Å². The third-order valence-corrected chi connectivity index (χ3v) is 4.51. The molecule has 0 bridgehead atoms. The molecule has 0 amide bonds. The Hall–Kier alpha value is -3.48. The molecular formula is C22H24N4O3. The maximum absolute atomic E-state index is 5.63. The van der Waals surface area contributed by atoms with Crippen molar-refractivity contribution in [2.75, 3.05) is 37.5 Å². The lowest BCUT2D eigenvalue weighted by molar-refractivity contribution is 0.171. The Labute approximate surface area is 170 Å². The first-order chi connectivity index (χ1) is 14.2. The molecule has 0 fully saturated rings. The van der Waals surface area contributed by atoms with E-state index in [4.69, 9.17) is 14.2 Å². The molecule has 0 unspecified atom stereocenters. The minimum Gasteiger partial charge on any atom is -0.497 e. The maximum atomic E-state index is 5.63. The van der Waals surface area contributed by atoms with E-state index < -0.39 is 0 Å². The van der Waals surface area contributed by atoms with Crippen LogP contribution in [0.15, 0.2) is 48.5 Å². The Morgan fingerprint density at radius 2 is 1.86 bits per heavy atom. The van der Waals surface area contributed by atoms with E-state index in [0.717, 1.165) is 47.4 Å². The topological polar surface area (TPSA) is 77.5 Å². The van der Waals surface area contributed by atoms with E-state index in [9.17, 15) is 0 Å². The van der Waals surface area contributed by atoms with Gasteiger partial charge in [0.15, 0.2) is 11.5 Å². The largest absolute Gasteiger partial charge is 0.497 e. The first kappa shape index (κ1) is 18.9. The highest BCUT2D eigenvalue weighted by atomic mass is 16.6. The van der Waals surface area contributed by atoms with Crippen LogP contribution in [0.3, 0.4) is 0 Å². The van der Waals surface area contributed by atoms with Crippen molar-refractivity contribution in [2.45, 2.75) is 13.3 Å². The Bertz CT molecular complexity index is 994. The third-order valence-electron chi connectivity index (χ3n) is 4.51. The van der Waals surface area contributed by atoms with Crippen molar-refractivity contribution in [3.05, 3.63) is 59.8 Å². The summed E-state index contributed by atoms with van der Waals surface area (Å²) in [4.78, 5) is 9.06. The van der Waals surface area contributed by atoms with Crippen LogP contribution in [0.4, 0.5) is 17.5 Å². The number of fused-ring (bicyclic) bond motifs is 1. The number of hydrogen-bond donors (Lipinski definition) is 2. The number of nitrogens with zero attached hydrogens (tertiary/aromatic N) is 2. The number of benzene rings is 2. The van der Waals surface area contributed by atoms with Crippen molar-refractivity contribution in [1.82, 2.24) is 9.97 Å². The lowest BCUT2D eigenvalue weighted by atomic mass is 10.1. The van der Waals surface area contributed by atoms with Crippen LogP contribution in [0.2, 0.25) is 0 Å². The summed E-state index contributed by atoms with van der Waals surface area (Å²) >= 11 is 0. The summed E-state index contributed by atoms with van der Waals surface area (Å²) in [5.74, 6) is 3.66. The molecule has 0 spiro atoms. The number of rotatable bonds is 7. The standard InChI is InChI=1S/C22H24N4O3/c1-15-12-21(23-9-8-16-4-3-5-18(13-16)27-2)26-22(24-15)25-17-6-7-19-20(14-17)29-11-10-28-19/h3-7,12-14H,8-11H2,1-2H3,(H2,23,24,25,26). The van der Waals surface area contributed by atoms with Crippen molar-refractivity contribution < 1.29 is 14.2 Å². The van der Waals surface area contributed by atoms with Crippen molar-refractivity contribution in [2.24, 2.45) is 0 Å².